The molecule has 1 saturated heterocycles. The van der Waals surface area contributed by atoms with Gasteiger partial charge in [0.15, 0.2) is 6.29 Å². The molecule has 1 fully saturated rings. The highest BCUT2D eigenvalue weighted by atomic mass is 16.7. The van der Waals surface area contributed by atoms with Crippen molar-refractivity contribution >= 4 is 0 Å². The van der Waals surface area contributed by atoms with Crippen LogP contribution in [0.5, 0.6) is 0 Å². The van der Waals surface area contributed by atoms with E-state index in [2.05, 4.69) is 19.2 Å². The largest absolute Gasteiger partial charge is 0.350 e. The van der Waals surface area contributed by atoms with Crippen LogP contribution >= 0.6 is 0 Å². The second-order valence-electron chi connectivity index (χ2n) is 6.32. The van der Waals surface area contributed by atoms with Crippen molar-refractivity contribution in [1.29, 1.82) is 0 Å². The van der Waals surface area contributed by atoms with Crippen molar-refractivity contribution in [3.8, 4) is 0 Å². The van der Waals surface area contributed by atoms with E-state index in [0.29, 0.717) is 6.04 Å². The number of hydrogen-bond donors (Lipinski definition) is 1. The van der Waals surface area contributed by atoms with Gasteiger partial charge in [-0.1, -0.05) is 65.2 Å². The Balaban J connectivity index is 2.02. The van der Waals surface area contributed by atoms with E-state index in [4.69, 9.17) is 9.47 Å². The van der Waals surface area contributed by atoms with Gasteiger partial charge >= 0.3 is 0 Å². The molecule has 0 aliphatic carbocycles. The molecule has 1 aliphatic heterocycles. The monoisotopic (exact) mass is 299 g/mol. The molecular formula is C18H37NO2. The van der Waals surface area contributed by atoms with Gasteiger partial charge in [0.1, 0.15) is 0 Å². The maximum atomic E-state index is 5.58. The highest BCUT2D eigenvalue weighted by molar-refractivity contribution is 4.70. The topological polar surface area (TPSA) is 30.5 Å². The number of nitrogens with one attached hydrogen (secondary N) is 1. The Morgan fingerprint density at radius 1 is 0.857 bits per heavy atom. The molecule has 3 heteroatoms. The first-order valence-electron chi connectivity index (χ1n) is 9.33. The molecule has 0 saturated carbocycles. The Bertz CT molecular complexity index is 217. The molecule has 0 aromatic carbocycles. The van der Waals surface area contributed by atoms with Crippen LogP contribution < -0.4 is 5.32 Å². The van der Waals surface area contributed by atoms with Gasteiger partial charge < -0.3 is 14.8 Å². The summed E-state index contributed by atoms with van der Waals surface area (Å²) in [5.41, 5.74) is 0. The molecule has 1 atom stereocenters. The molecule has 126 valence electrons. The number of hydrogen-bond acceptors (Lipinski definition) is 3. The van der Waals surface area contributed by atoms with Gasteiger partial charge in [-0.15, -0.1) is 0 Å². The molecule has 3 nitrogen and oxygen atoms in total. The van der Waals surface area contributed by atoms with Crippen molar-refractivity contribution in [2.75, 3.05) is 19.8 Å². The molecule has 0 spiro atoms. The first-order chi connectivity index (χ1) is 10.4. The summed E-state index contributed by atoms with van der Waals surface area (Å²) in [6.45, 7) is 7.14. The van der Waals surface area contributed by atoms with Gasteiger partial charge in [-0.25, -0.2) is 0 Å². The average molecular weight is 299 g/mol. The van der Waals surface area contributed by atoms with Gasteiger partial charge in [0.05, 0.1) is 13.2 Å². The third kappa shape index (κ3) is 10.3. The van der Waals surface area contributed by atoms with E-state index in [-0.39, 0.29) is 6.29 Å². The summed E-state index contributed by atoms with van der Waals surface area (Å²) in [5.74, 6) is 0. The number of rotatable bonds is 14. The van der Waals surface area contributed by atoms with E-state index in [1.165, 1.54) is 64.2 Å². The van der Waals surface area contributed by atoms with Crippen molar-refractivity contribution in [2.45, 2.75) is 96.8 Å². The zero-order valence-corrected chi connectivity index (χ0v) is 14.4. The van der Waals surface area contributed by atoms with Crippen LogP contribution in [0.3, 0.4) is 0 Å². The van der Waals surface area contributed by atoms with Crippen LogP contribution in [0.2, 0.25) is 0 Å². The van der Waals surface area contributed by atoms with E-state index >= 15 is 0 Å². The quantitative estimate of drug-likeness (QED) is 0.474. The predicted octanol–water partition coefficient (Wildman–Crippen LogP) is 4.65. The van der Waals surface area contributed by atoms with Gasteiger partial charge in [0, 0.05) is 12.5 Å². The molecule has 1 rings (SSSR count). The molecule has 21 heavy (non-hydrogen) atoms. The Hall–Kier alpha value is -0.120. The minimum Gasteiger partial charge on any atom is -0.350 e. The lowest BCUT2D eigenvalue weighted by Crippen LogP contribution is -2.33. The van der Waals surface area contributed by atoms with Crippen LogP contribution in [-0.2, 0) is 9.47 Å². The van der Waals surface area contributed by atoms with Crippen LogP contribution in [0.15, 0.2) is 0 Å². The van der Waals surface area contributed by atoms with Crippen molar-refractivity contribution in [2.24, 2.45) is 0 Å². The molecule has 0 bridgehead atoms. The van der Waals surface area contributed by atoms with Crippen LogP contribution in [0, 0.1) is 0 Å². The van der Waals surface area contributed by atoms with Gasteiger partial charge in [0.25, 0.3) is 0 Å². The maximum Gasteiger partial charge on any atom is 0.159 e. The fraction of sp³-hybridized carbons (Fsp3) is 1.00. The zero-order chi connectivity index (χ0) is 15.2. The van der Waals surface area contributed by atoms with Crippen molar-refractivity contribution in [3.05, 3.63) is 0 Å². The van der Waals surface area contributed by atoms with Gasteiger partial charge in [-0.2, -0.15) is 0 Å². The summed E-state index contributed by atoms with van der Waals surface area (Å²) in [4.78, 5) is 0. The zero-order valence-electron chi connectivity index (χ0n) is 14.4. The smallest absolute Gasteiger partial charge is 0.159 e. The first-order valence-corrected chi connectivity index (χ1v) is 9.33. The summed E-state index contributed by atoms with van der Waals surface area (Å²) in [6.07, 6.45) is 14.6. The number of unbranched alkanes of at least 4 members (excludes halogenated alkanes) is 7. The highest BCUT2D eigenvalue weighted by Gasteiger charge is 2.20. The summed E-state index contributed by atoms with van der Waals surface area (Å²) in [6, 6.07) is 0.563. The lowest BCUT2D eigenvalue weighted by atomic mass is 10.0. The lowest BCUT2D eigenvalue weighted by molar-refractivity contribution is -0.0532. The second kappa shape index (κ2) is 13.5. The molecular weight excluding hydrogens is 262 g/mol. The molecule has 1 heterocycles. The molecule has 0 amide bonds. The van der Waals surface area contributed by atoms with Crippen LogP contribution in [0.4, 0.5) is 0 Å². The normalized spacial score (nSPS) is 17.4. The fourth-order valence-electron chi connectivity index (χ4n) is 2.95. The van der Waals surface area contributed by atoms with Gasteiger partial charge in [-0.05, 0) is 19.4 Å². The van der Waals surface area contributed by atoms with E-state index in [0.717, 1.165) is 26.2 Å². The Morgan fingerprint density at radius 3 is 2.10 bits per heavy atom. The standard InChI is InChI=1S/C18H37NO2/c1-3-5-6-7-8-9-10-11-12-17(19-13-4-2)16-18-20-14-15-21-18/h17-19H,3-16H2,1-2H3. The minimum atomic E-state index is 0.0356. The third-order valence-electron chi connectivity index (χ3n) is 4.26. The summed E-state index contributed by atoms with van der Waals surface area (Å²) < 4.78 is 11.2. The van der Waals surface area contributed by atoms with Crippen LogP contribution in [0.25, 0.3) is 0 Å². The molecule has 0 aromatic heterocycles. The average Bonchev–Trinajstić information content (AvgIpc) is 3.00. The lowest BCUT2D eigenvalue weighted by Gasteiger charge is -2.21. The highest BCUT2D eigenvalue weighted by Crippen LogP contribution is 2.16. The molecule has 1 unspecified atom stereocenters. The van der Waals surface area contributed by atoms with E-state index in [1.807, 2.05) is 0 Å². The summed E-state index contributed by atoms with van der Waals surface area (Å²) >= 11 is 0. The van der Waals surface area contributed by atoms with Gasteiger partial charge in [-0.3, -0.25) is 0 Å². The predicted molar refractivity (Wildman–Crippen MR) is 89.6 cm³/mol. The summed E-state index contributed by atoms with van der Waals surface area (Å²) in [5, 5.41) is 3.66. The Kier molecular flexibility index (Phi) is 12.2. The van der Waals surface area contributed by atoms with E-state index in [1.54, 1.807) is 0 Å². The Labute approximate surface area is 132 Å². The van der Waals surface area contributed by atoms with Crippen molar-refractivity contribution in [1.82, 2.24) is 5.32 Å². The van der Waals surface area contributed by atoms with Crippen LogP contribution in [0.1, 0.15) is 84.5 Å². The van der Waals surface area contributed by atoms with E-state index in [9.17, 15) is 0 Å². The van der Waals surface area contributed by atoms with Crippen LogP contribution in [-0.4, -0.2) is 32.1 Å². The SMILES string of the molecule is CCCCCCCCCCC(CC1OCCO1)NCCC. The minimum absolute atomic E-state index is 0.0356. The maximum absolute atomic E-state index is 5.58. The van der Waals surface area contributed by atoms with Crippen molar-refractivity contribution in [3.63, 3.8) is 0 Å². The molecule has 0 aromatic rings. The van der Waals surface area contributed by atoms with E-state index < -0.39 is 0 Å². The van der Waals surface area contributed by atoms with Crippen molar-refractivity contribution < 1.29 is 9.47 Å². The molecule has 1 N–H and O–H groups in total. The fourth-order valence-corrected chi connectivity index (χ4v) is 2.95. The molecule has 1 aliphatic rings. The number of ether oxygens (including phenoxy) is 2. The Morgan fingerprint density at radius 2 is 1.48 bits per heavy atom. The van der Waals surface area contributed by atoms with Gasteiger partial charge in [0.2, 0.25) is 0 Å². The summed E-state index contributed by atoms with van der Waals surface area (Å²) in [7, 11) is 0. The second-order valence-corrected chi connectivity index (χ2v) is 6.32. The molecule has 0 radical (unpaired) electrons. The third-order valence-corrected chi connectivity index (χ3v) is 4.26. The first kappa shape index (κ1) is 18.9.